The minimum atomic E-state index is -0.448. The van der Waals surface area contributed by atoms with E-state index in [4.69, 9.17) is 39.2 Å². The second-order valence-corrected chi connectivity index (χ2v) is 9.46. The average molecular weight is 558 g/mol. The predicted molar refractivity (Wildman–Crippen MR) is 146 cm³/mol. The first kappa shape index (κ1) is 26.5. The maximum atomic E-state index is 13.0. The van der Waals surface area contributed by atoms with Gasteiger partial charge in [-0.2, -0.15) is 0 Å². The van der Waals surface area contributed by atoms with Crippen LogP contribution in [-0.2, 0) is 11.3 Å². The molecule has 2 aromatic heterocycles. The topological polar surface area (TPSA) is 89.2 Å². The first-order valence-corrected chi connectivity index (χ1v) is 12.5. The molecular formula is C27H23Cl3N4O3. The third kappa shape index (κ3) is 7.04. The van der Waals surface area contributed by atoms with Gasteiger partial charge in [0, 0.05) is 42.7 Å². The number of aromatic nitrogens is 2. The van der Waals surface area contributed by atoms with Crippen LogP contribution in [0.25, 0.3) is 17.4 Å². The van der Waals surface area contributed by atoms with E-state index in [1.807, 2.05) is 29.8 Å². The molecule has 0 radical (unpaired) electrons. The number of nitrogens with zero attached hydrogens (tertiary/aromatic N) is 2. The quantitative estimate of drug-likeness (QED) is 0.142. The molecule has 0 atom stereocenters. The molecule has 0 saturated carbocycles. The van der Waals surface area contributed by atoms with E-state index >= 15 is 0 Å². The summed E-state index contributed by atoms with van der Waals surface area (Å²) < 4.78 is 7.82. The molecule has 4 aromatic rings. The molecule has 190 valence electrons. The Labute approximate surface area is 229 Å². The molecule has 0 aliphatic carbocycles. The number of nitrogens with one attached hydrogen (secondary N) is 2. The van der Waals surface area contributed by atoms with Crippen LogP contribution in [0.4, 0.5) is 0 Å². The second-order valence-electron chi connectivity index (χ2n) is 8.24. The summed E-state index contributed by atoms with van der Waals surface area (Å²) in [6, 6.07) is 13.5. The van der Waals surface area contributed by atoms with Gasteiger partial charge in [-0.25, -0.2) is 4.98 Å². The Morgan fingerprint density at radius 2 is 1.78 bits per heavy atom. The van der Waals surface area contributed by atoms with Gasteiger partial charge in [-0.1, -0.05) is 52.5 Å². The summed E-state index contributed by atoms with van der Waals surface area (Å²) in [6.07, 6.45) is 7.41. The van der Waals surface area contributed by atoms with Crippen molar-refractivity contribution in [2.24, 2.45) is 0 Å². The summed E-state index contributed by atoms with van der Waals surface area (Å²) in [5, 5.41) is 6.56. The van der Waals surface area contributed by atoms with Gasteiger partial charge in [0.1, 0.15) is 17.2 Å². The van der Waals surface area contributed by atoms with Crippen LogP contribution < -0.4 is 10.6 Å². The van der Waals surface area contributed by atoms with Gasteiger partial charge in [0.05, 0.1) is 21.4 Å². The molecule has 0 aliphatic heterocycles. The zero-order chi connectivity index (χ0) is 26.4. The number of halogens is 3. The standard InChI is InChI=1S/C27H23Cl3N4O3/c1-17-3-5-18(6-4-17)26(35)33-24(27(36)32-9-2-11-34-12-10-31-16-34)13-19-7-8-25(37-19)20-14-22(29)23(30)15-21(20)28/h3-8,10,12-16H,2,9,11H2,1H3,(H,32,36)(H,33,35)/b24-13+. The number of hydrogen-bond donors (Lipinski definition) is 2. The number of rotatable bonds is 9. The van der Waals surface area contributed by atoms with Crippen molar-refractivity contribution < 1.29 is 14.0 Å². The van der Waals surface area contributed by atoms with Gasteiger partial charge < -0.3 is 19.6 Å². The molecule has 0 bridgehead atoms. The highest BCUT2D eigenvalue weighted by molar-refractivity contribution is 6.44. The summed E-state index contributed by atoms with van der Waals surface area (Å²) in [7, 11) is 0. The van der Waals surface area contributed by atoms with E-state index in [2.05, 4.69) is 15.6 Å². The predicted octanol–water partition coefficient (Wildman–Crippen LogP) is 6.39. The summed E-state index contributed by atoms with van der Waals surface area (Å²) in [4.78, 5) is 29.9. The molecule has 2 N–H and O–H groups in total. The van der Waals surface area contributed by atoms with E-state index in [0.29, 0.717) is 57.2 Å². The molecule has 10 heteroatoms. The van der Waals surface area contributed by atoms with E-state index < -0.39 is 11.8 Å². The molecule has 37 heavy (non-hydrogen) atoms. The van der Waals surface area contributed by atoms with Crippen LogP contribution in [0.15, 0.2) is 77.4 Å². The Morgan fingerprint density at radius 1 is 1.03 bits per heavy atom. The van der Waals surface area contributed by atoms with E-state index in [9.17, 15) is 9.59 Å². The Kier molecular flexibility index (Phi) is 8.71. The number of hydrogen-bond acceptors (Lipinski definition) is 4. The lowest BCUT2D eigenvalue weighted by atomic mass is 10.1. The lowest BCUT2D eigenvalue weighted by Gasteiger charge is -2.11. The van der Waals surface area contributed by atoms with Crippen molar-refractivity contribution in [1.82, 2.24) is 20.2 Å². The first-order valence-electron chi connectivity index (χ1n) is 11.4. The Morgan fingerprint density at radius 3 is 2.51 bits per heavy atom. The van der Waals surface area contributed by atoms with Crippen molar-refractivity contribution in [1.29, 1.82) is 0 Å². The van der Waals surface area contributed by atoms with Crippen LogP contribution in [-0.4, -0.2) is 27.9 Å². The number of furan rings is 1. The highest BCUT2D eigenvalue weighted by atomic mass is 35.5. The van der Waals surface area contributed by atoms with Crippen LogP contribution in [0, 0.1) is 6.92 Å². The first-order chi connectivity index (χ1) is 17.8. The molecule has 4 rings (SSSR count). The van der Waals surface area contributed by atoms with Crippen molar-refractivity contribution >= 4 is 52.7 Å². The van der Waals surface area contributed by atoms with Gasteiger partial charge in [-0.05, 0) is 49.7 Å². The van der Waals surface area contributed by atoms with E-state index in [1.54, 1.807) is 42.9 Å². The lowest BCUT2D eigenvalue weighted by Crippen LogP contribution is -2.35. The van der Waals surface area contributed by atoms with E-state index in [1.165, 1.54) is 12.1 Å². The molecule has 2 heterocycles. The van der Waals surface area contributed by atoms with Crippen LogP contribution >= 0.6 is 34.8 Å². The van der Waals surface area contributed by atoms with Crippen molar-refractivity contribution in [3.8, 4) is 11.3 Å². The number of carbonyl (C=O) groups excluding carboxylic acids is 2. The molecule has 0 fully saturated rings. The van der Waals surface area contributed by atoms with Crippen molar-refractivity contribution in [2.75, 3.05) is 6.54 Å². The third-order valence-corrected chi connectivity index (χ3v) is 6.47. The molecule has 0 aliphatic rings. The van der Waals surface area contributed by atoms with Gasteiger partial charge in [0.25, 0.3) is 11.8 Å². The minimum Gasteiger partial charge on any atom is -0.457 e. The minimum absolute atomic E-state index is 0.0364. The summed E-state index contributed by atoms with van der Waals surface area (Å²) in [5.41, 5.74) is 2.03. The van der Waals surface area contributed by atoms with Gasteiger partial charge in [0.2, 0.25) is 0 Å². The number of aryl methyl sites for hydroxylation is 2. The highest BCUT2D eigenvalue weighted by Crippen LogP contribution is 2.36. The second kappa shape index (κ2) is 12.1. The van der Waals surface area contributed by atoms with Crippen LogP contribution in [0.1, 0.15) is 28.1 Å². The molecule has 0 unspecified atom stereocenters. The van der Waals surface area contributed by atoms with Gasteiger partial charge in [-0.15, -0.1) is 0 Å². The smallest absolute Gasteiger partial charge is 0.267 e. The van der Waals surface area contributed by atoms with Crippen LogP contribution in [0.2, 0.25) is 15.1 Å². The van der Waals surface area contributed by atoms with Gasteiger partial charge in [0.15, 0.2) is 0 Å². The largest absolute Gasteiger partial charge is 0.457 e. The maximum Gasteiger partial charge on any atom is 0.267 e. The van der Waals surface area contributed by atoms with E-state index in [0.717, 1.165) is 5.56 Å². The normalized spacial score (nSPS) is 11.4. The monoisotopic (exact) mass is 556 g/mol. The summed E-state index contributed by atoms with van der Waals surface area (Å²) in [6.45, 7) is 3.02. The number of amides is 2. The highest BCUT2D eigenvalue weighted by Gasteiger charge is 2.17. The fraction of sp³-hybridized carbons (Fsp3) is 0.148. The Hall–Kier alpha value is -3.52. The van der Waals surface area contributed by atoms with E-state index in [-0.39, 0.29) is 5.70 Å². The maximum absolute atomic E-state index is 13.0. The average Bonchev–Trinajstić information content (AvgIpc) is 3.56. The fourth-order valence-electron chi connectivity index (χ4n) is 3.46. The van der Waals surface area contributed by atoms with Gasteiger partial charge >= 0.3 is 0 Å². The third-order valence-electron chi connectivity index (χ3n) is 5.43. The molecular weight excluding hydrogens is 535 g/mol. The summed E-state index contributed by atoms with van der Waals surface area (Å²) >= 11 is 18.5. The van der Waals surface area contributed by atoms with Crippen LogP contribution in [0.5, 0.6) is 0 Å². The number of imidazole rings is 1. The zero-order valence-corrected chi connectivity index (χ0v) is 22.1. The van der Waals surface area contributed by atoms with Crippen molar-refractivity contribution in [2.45, 2.75) is 19.9 Å². The van der Waals surface area contributed by atoms with Crippen LogP contribution in [0.3, 0.4) is 0 Å². The van der Waals surface area contributed by atoms with Crippen molar-refractivity contribution in [3.05, 3.63) is 105 Å². The molecule has 7 nitrogen and oxygen atoms in total. The zero-order valence-electron chi connectivity index (χ0n) is 19.8. The molecule has 2 aromatic carbocycles. The summed E-state index contributed by atoms with van der Waals surface area (Å²) in [5.74, 6) is -0.0968. The number of benzene rings is 2. The molecule has 0 saturated heterocycles. The molecule has 2 amide bonds. The fourth-order valence-corrected chi connectivity index (χ4v) is 4.10. The Balaban J connectivity index is 1.54. The number of carbonyl (C=O) groups is 2. The Bertz CT molecular complexity index is 1430. The lowest BCUT2D eigenvalue weighted by molar-refractivity contribution is -0.117. The van der Waals surface area contributed by atoms with Gasteiger partial charge in [-0.3, -0.25) is 9.59 Å². The SMILES string of the molecule is Cc1ccc(C(=O)N/C(=C/c2ccc(-c3cc(Cl)c(Cl)cc3Cl)o2)C(=O)NCCCn2ccnc2)cc1. The van der Waals surface area contributed by atoms with Crippen molar-refractivity contribution in [3.63, 3.8) is 0 Å². The molecule has 0 spiro atoms.